The molecule has 4 heterocycles. The van der Waals surface area contributed by atoms with Crippen LogP contribution in [0.5, 0.6) is 5.75 Å². The van der Waals surface area contributed by atoms with Gasteiger partial charge in [-0.15, -0.1) is 6.58 Å². The van der Waals surface area contributed by atoms with Crippen molar-refractivity contribution in [1.82, 2.24) is 23.3 Å². The standard InChI is InChI=1S/C28H25N5O3S/c1-5-12-32-17-24(22-13-20(36-4)8-11-25(22)32)26-14-23-27-19(16-30-31(27)3)15-29-28(23)33(26)37(34,35)21-9-6-18(2)7-10-21/h5-11,13-17H,1,12H2,2-4H3. The highest BCUT2D eigenvalue weighted by molar-refractivity contribution is 7.90. The molecule has 0 aliphatic carbocycles. The number of fused-ring (bicyclic) bond motifs is 4. The lowest BCUT2D eigenvalue weighted by atomic mass is 10.1. The Morgan fingerprint density at radius 1 is 1.05 bits per heavy atom. The fourth-order valence-electron chi connectivity index (χ4n) is 4.93. The molecule has 0 saturated carbocycles. The fraction of sp³-hybridized carbons (Fsp3) is 0.143. The Hall–Kier alpha value is -4.37. The summed E-state index contributed by atoms with van der Waals surface area (Å²) in [6.07, 6.45) is 7.17. The van der Waals surface area contributed by atoms with Gasteiger partial charge in [0.25, 0.3) is 10.0 Å². The van der Waals surface area contributed by atoms with E-state index in [-0.39, 0.29) is 4.90 Å². The van der Waals surface area contributed by atoms with Crippen LogP contribution >= 0.6 is 0 Å². The first-order chi connectivity index (χ1) is 17.8. The molecule has 37 heavy (non-hydrogen) atoms. The van der Waals surface area contributed by atoms with Crippen LogP contribution in [0.25, 0.3) is 44.1 Å². The number of pyridine rings is 1. The van der Waals surface area contributed by atoms with Gasteiger partial charge < -0.3 is 9.30 Å². The Bertz CT molecular complexity index is 1940. The van der Waals surface area contributed by atoms with E-state index in [1.165, 1.54) is 3.97 Å². The SMILES string of the molecule is C=CCn1cc(-c2cc3c4c(cnc3n2S(=O)(=O)c2ccc(C)cc2)cnn4C)c2cc(OC)ccc21. The van der Waals surface area contributed by atoms with Crippen LogP contribution in [0.3, 0.4) is 0 Å². The first-order valence-corrected chi connectivity index (χ1v) is 13.2. The topological polar surface area (TPSA) is 83.9 Å². The number of rotatable bonds is 6. The maximum absolute atomic E-state index is 14.2. The minimum atomic E-state index is -4.01. The average molecular weight is 512 g/mol. The van der Waals surface area contributed by atoms with Crippen molar-refractivity contribution >= 4 is 42.9 Å². The molecule has 0 spiro atoms. The zero-order valence-corrected chi connectivity index (χ0v) is 21.5. The molecule has 0 atom stereocenters. The van der Waals surface area contributed by atoms with Crippen molar-refractivity contribution in [3.63, 3.8) is 0 Å². The summed E-state index contributed by atoms with van der Waals surface area (Å²) >= 11 is 0. The quantitative estimate of drug-likeness (QED) is 0.284. The van der Waals surface area contributed by atoms with Gasteiger partial charge in [-0.2, -0.15) is 5.10 Å². The van der Waals surface area contributed by atoms with Gasteiger partial charge >= 0.3 is 0 Å². The van der Waals surface area contributed by atoms with Gasteiger partial charge in [0.1, 0.15) is 5.75 Å². The van der Waals surface area contributed by atoms with Crippen LogP contribution in [0.1, 0.15) is 5.56 Å². The average Bonchev–Trinajstić information content (AvgIpc) is 3.57. The second-order valence-corrected chi connectivity index (χ2v) is 10.8. The van der Waals surface area contributed by atoms with Gasteiger partial charge in [0.05, 0.1) is 29.4 Å². The second kappa shape index (κ2) is 8.35. The first kappa shape index (κ1) is 23.1. The number of hydrogen-bond acceptors (Lipinski definition) is 5. The molecule has 0 aliphatic rings. The molecule has 186 valence electrons. The number of aromatic nitrogens is 5. The number of methoxy groups -OCH3 is 1. The second-order valence-electron chi connectivity index (χ2n) is 9.05. The Labute approximate surface area is 214 Å². The Morgan fingerprint density at radius 2 is 1.84 bits per heavy atom. The van der Waals surface area contributed by atoms with Gasteiger partial charge in [-0.1, -0.05) is 23.8 Å². The Morgan fingerprint density at radius 3 is 2.57 bits per heavy atom. The molecule has 0 saturated heterocycles. The van der Waals surface area contributed by atoms with Crippen molar-refractivity contribution in [2.24, 2.45) is 7.05 Å². The molecule has 9 heteroatoms. The van der Waals surface area contributed by atoms with E-state index in [1.54, 1.807) is 48.5 Å². The summed E-state index contributed by atoms with van der Waals surface area (Å²) in [4.78, 5) is 4.81. The van der Waals surface area contributed by atoms with Gasteiger partial charge in [-0.05, 0) is 43.3 Å². The normalized spacial score (nSPS) is 12.1. The van der Waals surface area contributed by atoms with Crippen molar-refractivity contribution in [2.45, 2.75) is 18.4 Å². The number of allylic oxidation sites excluding steroid dienone is 1. The van der Waals surface area contributed by atoms with Gasteiger partial charge in [0.15, 0.2) is 5.65 Å². The molecule has 0 bridgehead atoms. The summed E-state index contributed by atoms with van der Waals surface area (Å²) < 4.78 is 39.1. The largest absolute Gasteiger partial charge is 0.497 e. The number of hydrogen-bond donors (Lipinski definition) is 0. The summed E-state index contributed by atoms with van der Waals surface area (Å²) in [6, 6.07) is 14.5. The smallest absolute Gasteiger partial charge is 0.269 e. The molecule has 0 amide bonds. The molecule has 6 rings (SSSR count). The highest BCUT2D eigenvalue weighted by atomic mass is 32.2. The summed E-state index contributed by atoms with van der Waals surface area (Å²) in [7, 11) is -0.550. The molecule has 4 aromatic heterocycles. The van der Waals surface area contributed by atoms with Crippen LogP contribution in [0.2, 0.25) is 0 Å². The number of ether oxygens (including phenoxy) is 1. The monoisotopic (exact) mass is 511 g/mol. The number of aryl methyl sites for hydroxylation is 2. The molecular weight excluding hydrogens is 486 g/mol. The first-order valence-electron chi connectivity index (χ1n) is 11.8. The Kier molecular flexibility index (Phi) is 5.20. The highest BCUT2D eigenvalue weighted by Crippen LogP contribution is 2.39. The zero-order valence-electron chi connectivity index (χ0n) is 20.7. The molecule has 0 fully saturated rings. The van der Waals surface area contributed by atoms with Gasteiger partial charge in [0, 0.05) is 53.2 Å². The number of benzene rings is 2. The highest BCUT2D eigenvalue weighted by Gasteiger charge is 2.28. The summed E-state index contributed by atoms with van der Waals surface area (Å²) in [6.45, 7) is 6.38. The Balaban J connectivity index is 1.76. The summed E-state index contributed by atoms with van der Waals surface area (Å²) in [5.74, 6) is 0.682. The van der Waals surface area contributed by atoms with Crippen molar-refractivity contribution in [1.29, 1.82) is 0 Å². The van der Waals surface area contributed by atoms with Crippen LogP contribution in [0, 0.1) is 6.92 Å². The molecule has 0 aliphatic heterocycles. The summed E-state index contributed by atoms with van der Waals surface area (Å²) in [5, 5.41) is 6.78. The molecule has 0 N–H and O–H groups in total. The van der Waals surface area contributed by atoms with E-state index in [2.05, 4.69) is 16.7 Å². The predicted octanol–water partition coefficient (Wildman–Crippen LogP) is 5.28. The molecule has 6 aromatic rings. The molecule has 2 aromatic carbocycles. The van der Waals surface area contributed by atoms with Crippen LogP contribution in [-0.2, 0) is 23.6 Å². The zero-order chi connectivity index (χ0) is 25.9. The fourth-order valence-corrected chi connectivity index (χ4v) is 6.41. The molecular formula is C28H25N5O3S. The third-order valence-electron chi connectivity index (χ3n) is 6.73. The maximum atomic E-state index is 14.2. The van der Waals surface area contributed by atoms with Crippen LogP contribution in [-0.4, -0.2) is 38.8 Å². The predicted molar refractivity (Wildman–Crippen MR) is 145 cm³/mol. The van der Waals surface area contributed by atoms with E-state index in [9.17, 15) is 8.42 Å². The van der Waals surface area contributed by atoms with Crippen molar-refractivity contribution in [3.8, 4) is 17.0 Å². The minimum Gasteiger partial charge on any atom is -0.497 e. The third kappa shape index (κ3) is 3.46. The van der Waals surface area contributed by atoms with Crippen molar-refractivity contribution in [2.75, 3.05) is 7.11 Å². The lowest BCUT2D eigenvalue weighted by Crippen LogP contribution is -2.14. The van der Waals surface area contributed by atoms with Gasteiger partial charge in [-0.25, -0.2) is 17.4 Å². The van der Waals surface area contributed by atoms with Gasteiger partial charge in [-0.3, -0.25) is 4.68 Å². The number of nitrogens with zero attached hydrogens (tertiary/aromatic N) is 5. The van der Waals surface area contributed by atoms with E-state index < -0.39 is 10.0 Å². The molecule has 0 unspecified atom stereocenters. The van der Waals surface area contributed by atoms with E-state index in [1.807, 2.05) is 55.1 Å². The van der Waals surface area contributed by atoms with Crippen molar-refractivity contribution in [3.05, 3.63) is 85.3 Å². The van der Waals surface area contributed by atoms with E-state index >= 15 is 0 Å². The van der Waals surface area contributed by atoms with E-state index in [0.29, 0.717) is 29.0 Å². The van der Waals surface area contributed by atoms with Crippen LogP contribution in [0.4, 0.5) is 0 Å². The lowest BCUT2D eigenvalue weighted by molar-refractivity contribution is 0.415. The molecule has 8 nitrogen and oxygen atoms in total. The van der Waals surface area contributed by atoms with Crippen LogP contribution in [0.15, 0.2) is 84.7 Å². The van der Waals surface area contributed by atoms with Crippen LogP contribution < -0.4 is 4.74 Å². The van der Waals surface area contributed by atoms with Crippen molar-refractivity contribution < 1.29 is 13.2 Å². The minimum absolute atomic E-state index is 0.191. The van der Waals surface area contributed by atoms with E-state index in [0.717, 1.165) is 32.9 Å². The molecule has 0 radical (unpaired) electrons. The lowest BCUT2D eigenvalue weighted by Gasteiger charge is -2.12. The maximum Gasteiger partial charge on any atom is 0.269 e. The summed E-state index contributed by atoms with van der Waals surface area (Å²) in [5.41, 5.74) is 4.35. The van der Waals surface area contributed by atoms with E-state index in [4.69, 9.17) is 4.74 Å². The third-order valence-corrected chi connectivity index (χ3v) is 8.45. The van der Waals surface area contributed by atoms with Gasteiger partial charge in [0.2, 0.25) is 0 Å².